The lowest BCUT2D eigenvalue weighted by Crippen LogP contribution is -1.97. The highest BCUT2D eigenvalue weighted by molar-refractivity contribution is 6.17. The second-order valence-corrected chi connectivity index (χ2v) is 3.44. The molecule has 0 bridgehead atoms. The number of aryl methyl sites for hydroxylation is 1. The van der Waals surface area contributed by atoms with Crippen LogP contribution in [0.15, 0.2) is 24.3 Å². The van der Waals surface area contributed by atoms with Crippen molar-refractivity contribution in [3.8, 4) is 5.75 Å². The van der Waals surface area contributed by atoms with E-state index in [1.165, 1.54) is 5.56 Å². The van der Waals surface area contributed by atoms with Crippen LogP contribution in [0.1, 0.15) is 18.4 Å². The maximum absolute atomic E-state index is 5.55. The fourth-order valence-corrected chi connectivity index (χ4v) is 1.28. The van der Waals surface area contributed by atoms with Gasteiger partial charge in [-0.2, -0.15) is 0 Å². The van der Waals surface area contributed by atoms with Gasteiger partial charge in [-0.05, 0) is 37.5 Å². The largest absolute Gasteiger partial charge is 0.494 e. The minimum Gasteiger partial charge on any atom is -0.494 e. The lowest BCUT2D eigenvalue weighted by atomic mass is 10.2. The van der Waals surface area contributed by atoms with Gasteiger partial charge in [-0.25, -0.2) is 0 Å². The van der Waals surface area contributed by atoms with Crippen molar-refractivity contribution in [3.05, 3.63) is 29.8 Å². The maximum atomic E-state index is 5.55. The summed E-state index contributed by atoms with van der Waals surface area (Å²) in [5.41, 5.74) is 1.23. The van der Waals surface area contributed by atoms with Crippen molar-refractivity contribution < 1.29 is 4.74 Å². The summed E-state index contributed by atoms with van der Waals surface area (Å²) in [5.74, 6) is 1.67. The summed E-state index contributed by atoms with van der Waals surface area (Å²) in [5, 5.41) is 0. The van der Waals surface area contributed by atoms with E-state index in [9.17, 15) is 0 Å². The van der Waals surface area contributed by atoms with E-state index in [0.717, 1.165) is 31.1 Å². The Bertz CT molecular complexity index is 248. The Hall–Kier alpha value is -0.690. The highest BCUT2D eigenvalue weighted by Gasteiger charge is 1.93. The Balaban J connectivity index is 2.28. The predicted molar refractivity (Wildman–Crippen MR) is 56.6 cm³/mol. The van der Waals surface area contributed by atoms with Crippen LogP contribution in [0, 0.1) is 6.92 Å². The molecule has 0 radical (unpaired) electrons. The van der Waals surface area contributed by atoms with Crippen molar-refractivity contribution in [2.75, 3.05) is 12.5 Å². The highest BCUT2D eigenvalue weighted by Crippen LogP contribution is 2.12. The number of benzene rings is 1. The zero-order chi connectivity index (χ0) is 9.52. The SMILES string of the molecule is Cc1cccc(OCCCCCl)c1. The molecule has 0 saturated heterocycles. The number of unbranched alkanes of at least 4 members (excludes halogenated alkanes) is 1. The summed E-state index contributed by atoms with van der Waals surface area (Å²) in [7, 11) is 0. The Kier molecular flexibility index (Phi) is 4.69. The monoisotopic (exact) mass is 198 g/mol. The summed E-state index contributed by atoms with van der Waals surface area (Å²) in [6, 6.07) is 8.09. The number of alkyl halides is 1. The summed E-state index contributed by atoms with van der Waals surface area (Å²) in [6.07, 6.45) is 2.05. The molecule has 2 heteroatoms. The fraction of sp³-hybridized carbons (Fsp3) is 0.455. The average Bonchev–Trinajstić information content (AvgIpc) is 2.13. The van der Waals surface area contributed by atoms with E-state index in [1.54, 1.807) is 0 Å². The van der Waals surface area contributed by atoms with Gasteiger partial charge in [-0.3, -0.25) is 0 Å². The third-order valence-electron chi connectivity index (χ3n) is 1.79. The molecule has 0 heterocycles. The standard InChI is InChI=1S/C11H15ClO/c1-10-5-4-6-11(9-10)13-8-3-2-7-12/h4-6,9H,2-3,7-8H2,1H3. The molecule has 0 aliphatic rings. The number of ether oxygens (including phenoxy) is 1. The lowest BCUT2D eigenvalue weighted by Gasteiger charge is -2.05. The third kappa shape index (κ3) is 4.18. The molecule has 72 valence electrons. The average molecular weight is 199 g/mol. The van der Waals surface area contributed by atoms with Crippen molar-refractivity contribution in [1.82, 2.24) is 0 Å². The second-order valence-electron chi connectivity index (χ2n) is 3.06. The Morgan fingerprint density at radius 3 is 2.85 bits per heavy atom. The molecule has 0 spiro atoms. The molecule has 1 aromatic carbocycles. The van der Waals surface area contributed by atoms with Crippen LogP contribution in [0.4, 0.5) is 0 Å². The van der Waals surface area contributed by atoms with Gasteiger partial charge >= 0.3 is 0 Å². The lowest BCUT2D eigenvalue weighted by molar-refractivity contribution is 0.309. The van der Waals surface area contributed by atoms with Gasteiger partial charge in [0.1, 0.15) is 5.75 Å². The molecule has 1 rings (SSSR count). The van der Waals surface area contributed by atoms with E-state index in [-0.39, 0.29) is 0 Å². The normalized spacial score (nSPS) is 10.0. The van der Waals surface area contributed by atoms with Crippen molar-refractivity contribution in [2.45, 2.75) is 19.8 Å². The van der Waals surface area contributed by atoms with Crippen LogP contribution in [-0.2, 0) is 0 Å². The van der Waals surface area contributed by atoms with Crippen molar-refractivity contribution in [1.29, 1.82) is 0 Å². The van der Waals surface area contributed by atoms with Crippen LogP contribution in [-0.4, -0.2) is 12.5 Å². The number of rotatable bonds is 5. The first-order chi connectivity index (χ1) is 6.33. The third-order valence-corrected chi connectivity index (χ3v) is 2.05. The molecule has 0 atom stereocenters. The van der Waals surface area contributed by atoms with Gasteiger partial charge in [0.25, 0.3) is 0 Å². The molecule has 1 nitrogen and oxygen atoms in total. The summed E-state index contributed by atoms with van der Waals surface area (Å²) in [6.45, 7) is 2.82. The Morgan fingerprint density at radius 1 is 1.31 bits per heavy atom. The van der Waals surface area contributed by atoms with E-state index in [2.05, 4.69) is 13.0 Å². The number of hydrogen-bond acceptors (Lipinski definition) is 1. The van der Waals surface area contributed by atoms with Gasteiger partial charge in [-0.15, -0.1) is 11.6 Å². The molecule has 0 saturated carbocycles. The van der Waals surface area contributed by atoms with Crippen molar-refractivity contribution >= 4 is 11.6 Å². The molecule has 13 heavy (non-hydrogen) atoms. The molecule has 0 aliphatic carbocycles. The number of halogens is 1. The quantitative estimate of drug-likeness (QED) is 0.521. The molecule has 0 aliphatic heterocycles. The first-order valence-electron chi connectivity index (χ1n) is 4.58. The second kappa shape index (κ2) is 5.87. The summed E-state index contributed by atoms with van der Waals surface area (Å²) < 4.78 is 5.53. The van der Waals surface area contributed by atoms with Gasteiger partial charge in [0, 0.05) is 5.88 Å². The van der Waals surface area contributed by atoms with Crippen LogP contribution < -0.4 is 4.74 Å². The Labute approximate surface area is 84.7 Å². The van der Waals surface area contributed by atoms with Gasteiger partial charge in [-0.1, -0.05) is 12.1 Å². The first-order valence-corrected chi connectivity index (χ1v) is 5.12. The van der Waals surface area contributed by atoms with Crippen LogP contribution in [0.5, 0.6) is 5.75 Å². The molecular weight excluding hydrogens is 184 g/mol. The van der Waals surface area contributed by atoms with E-state index in [1.807, 2.05) is 18.2 Å². The molecular formula is C11H15ClO. The molecule has 0 unspecified atom stereocenters. The minimum atomic E-state index is 0.719. The summed E-state index contributed by atoms with van der Waals surface area (Å²) in [4.78, 5) is 0. The van der Waals surface area contributed by atoms with Crippen LogP contribution >= 0.6 is 11.6 Å². The topological polar surface area (TPSA) is 9.23 Å². The highest BCUT2D eigenvalue weighted by atomic mass is 35.5. The molecule has 0 fully saturated rings. The first kappa shape index (κ1) is 10.4. The minimum absolute atomic E-state index is 0.719. The predicted octanol–water partition coefficient (Wildman–Crippen LogP) is 3.39. The fourth-order valence-electron chi connectivity index (χ4n) is 1.09. The van der Waals surface area contributed by atoms with Crippen molar-refractivity contribution in [3.63, 3.8) is 0 Å². The summed E-state index contributed by atoms with van der Waals surface area (Å²) >= 11 is 5.55. The zero-order valence-corrected chi connectivity index (χ0v) is 8.68. The van der Waals surface area contributed by atoms with Gasteiger partial charge < -0.3 is 4.74 Å². The smallest absolute Gasteiger partial charge is 0.119 e. The number of hydrogen-bond donors (Lipinski definition) is 0. The van der Waals surface area contributed by atoms with Gasteiger partial charge in [0.15, 0.2) is 0 Å². The van der Waals surface area contributed by atoms with E-state index in [0.29, 0.717) is 0 Å². The zero-order valence-electron chi connectivity index (χ0n) is 7.92. The van der Waals surface area contributed by atoms with Crippen LogP contribution in [0.25, 0.3) is 0 Å². The van der Waals surface area contributed by atoms with Crippen LogP contribution in [0.2, 0.25) is 0 Å². The molecule has 0 aromatic heterocycles. The van der Waals surface area contributed by atoms with E-state index >= 15 is 0 Å². The van der Waals surface area contributed by atoms with E-state index < -0.39 is 0 Å². The maximum Gasteiger partial charge on any atom is 0.119 e. The van der Waals surface area contributed by atoms with Crippen molar-refractivity contribution in [2.24, 2.45) is 0 Å². The molecule has 0 N–H and O–H groups in total. The van der Waals surface area contributed by atoms with Gasteiger partial charge in [0.2, 0.25) is 0 Å². The van der Waals surface area contributed by atoms with Gasteiger partial charge in [0.05, 0.1) is 6.61 Å². The van der Waals surface area contributed by atoms with E-state index in [4.69, 9.17) is 16.3 Å². The molecule has 1 aromatic rings. The Morgan fingerprint density at radius 2 is 2.15 bits per heavy atom. The molecule has 0 amide bonds. The van der Waals surface area contributed by atoms with Crippen LogP contribution in [0.3, 0.4) is 0 Å².